The molecule has 10 nitrogen and oxygen atoms in total. The van der Waals surface area contributed by atoms with Crippen molar-refractivity contribution in [3.63, 3.8) is 0 Å². The molecule has 0 radical (unpaired) electrons. The number of piperazine rings is 1. The lowest BCUT2D eigenvalue weighted by Gasteiger charge is -2.42. The van der Waals surface area contributed by atoms with Gasteiger partial charge in [-0.3, -0.25) is 15.2 Å². The largest absolute Gasteiger partial charge is 0.465 e. The summed E-state index contributed by atoms with van der Waals surface area (Å²) in [6.07, 6.45) is 4.70. The molecule has 3 aliphatic rings. The van der Waals surface area contributed by atoms with Crippen molar-refractivity contribution in [2.24, 2.45) is 0 Å². The van der Waals surface area contributed by atoms with E-state index in [1.165, 1.54) is 56.0 Å². The van der Waals surface area contributed by atoms with Gasteiger partial charge in [-0.25, -0.2) is 14.5 Å². The number of hydrogen-bond acceptors (Lipinski definition) is 8. The Labute approximate surface area is 249 Å². The van der Waals surface area contributed by atoms with E-state index in [0.29, 0.717) is 11.2 Å². The molecule has 218 valence electrons. The second-order valence-corrected chi connectivity index (χ2v) is 12.6. The van der Waals surface area contributed by atoms with Crippen molar-refractivity contribution in [3.8, 4) is 27.5 Å². The van der Waals surface area contributed by atoms with Gasteiger partial charge in [0.05, 0.1) is 27.6 Å². The highest BCUT2D eigenvalue weighted by molar-refractivity contribution is 7.19. The Kier molecular flexibility index (Phi) is 7.17. The summed E-state index contributed by atoms with van der Waals surface area (Å²) in [6, 6.07) is 13.5. The minimum absolute atomic E-state index is 0.391. The fraction of sp³-hybridized carbons (Fsp3) is 0.419. The minimum atomic E-state index is -1.11. The molecule has 2 fully saturated rings. The first-order chi connectivity index (χ1) is 20.4. The van der Waals surface area contributed by atoms with E-state index in [1.54, 1.807) is 0 Å². The molecule has 0 saturated carbocycles. The van der Waals surface area contributed by atoms with Crippen molar-refractivity contribution in [1.29, 1.82) is 0 Å². The molecule has 2 N–H and O–H groups in total. The lowest BCUT2D eigenvalue weighted by molar-refractivity contribution is 0.0982. The highest BCUT2D eigenvalue weighted by atomic mass is 32.1. The summed E-state index contributed by atoms with van der Waals surface area (Å²) < 4.78 is 2.01. The number of carboxylic acid groups (broad SMARTS) is 1. The van der Waals surface area contributed by atoms with Gasteiger partial charge in [0.2, 0.25) is 0 Å². The predicted molar refractivity (Wildman–Crippen MR) is 166 cm³/mol. The summed E-state index contributed by atoms with van der Waals surface area (Å²) in [5.74, 6) is 0. The van der Waals surface area contributed by atoms with Crippen LogP contribution < -0.4 is 10.2 Å². The van der Waals surface area contributed by atoms with Gasteiger partial charge in [0.25, 0.3) is 0 Å². The number of likely N-dealkylation sites (N-methyl/N-ethyl adjacent to an activating group) is 1. The number of pyridine rings is 1. The Morgan fingerprint density at radius 1 is 0.976 bits per heavy atom. The zero-order chi connectivity index (χ0) is 28.8. The second kappa shape index (κ2) is 11.1. The quantitative estimate of drug-likeness (QED) is 0.346. The van der Waals surface area contributed by atoms with Crippen LogP contribution >= 0.6 is 11.3 Å². The molecule has 0 spiro atoms. The van der Waals surface area contributed by atoms with Crippen molar-refractivity contribution >= 4 is 28.2 Å². The lowest BCUT2D eigenvalue weighted by Crippen LogP contribution is -2.52. The number of aromatic nitrogens is 4. The van der Waals surface area contributed by atoms with Gasteiger partial charge in [-0.15, -0.1) is 0 Å². The molecule has 5 heterocycles. The number of nitrogens with one attached hydrogen (secondary N) is 1. The first-order valence-electron chi connectivity index (χ1n) is 14.8. The van der Waals surface area contributed by atoms with E-state index in [2.05, 4.69) is 67.4 Å². The fourth-order valence-corrected chi connectivity index (χ4v) is 7.58. The molecule has 42 heavy (non-hydrogen) atoms. The molecule has 7 rings (SSSR count). The second-order valence-electron chi connectivity index (χ2n) is 11.6. The van der Waals surface area contributed by atoms with Crippen LogP contribution in [0.5, 0.6) is 0 Å². The Hall–Kier alpha value is -3.80. The molecular weight excluding hydrogens is 548 g/mol. The van der Waals surface area contributed by atoms with E-state index >= 15 is 0 Å². The average Bonchev–Trinajstić information content (AvgIpc) is 3.59. The maximum Gasteiger partial charge on any atom is 0.410 e. The number of aryl methyl sites for hydroxylation is 2. The number of piperidine rings is 1. The van der Waals surface area contributed by atoms with Crippen molar-refractivity contribution in [2.75, 3.05) is 56.5 Å². The van der Waals surface area contributed by atoms with Crippen LogP contribution in [-0.4, -0.2) is 93.1 Å². The summed E-state index contributed by atoms with van der Waals surface area (Å²) in [5, 5.41) is 17.2. The third-order valence-corrected chi connectivity index (χ3v) is 9.90. The molecular formula is C31H36N8O2S. The number of carbonyl (C=O) groups is 1. The maximum atomic E-state index is 11.3. The summed E-state index contributed by atoms with van der Waals surface area (Å²) in [6.45, 7) is 8.82. The third-order valence-electron chi connectivity index (χ3n) is 8.88. The zero-order valence-electron chi connectivity index (χ0n) is 24.1. The van der Waals surface area contributed by atoms with Crippen LogP contribution in [0, 0.1) is 6.92 Å². The summed E-state index contributed by atoms with van der Waals surface area (Å²) in [7, 11) is 2.22. The molecule has 1 aliphatic carbocycles. The Bertz CT molecular complexity index is 1580. The van der Waals surface area contributed by atoms with Gasteiger partial charge in [0.1, 0.15) is 0 Å². The normalized spacial score (nSPS) is 18.1. The summed E-state index contributed by atoms with van der Waals surface area (Å²) in [5.41, 5.74) is 8.12. The van der Waals surface area contributed by atoms with Gasteiger partial charge in [-0.2, -0.15) is 5.10 Å². The van der Waals surface area contributed by atoms with E-state index in [4.69, 9.17) is 5.10 Å². The van der Waals surface area contributed by atoms with Crippen LogP contribution in [0.1, 0.15) is 29.8 Å². The highest BCUT2D eigenvalue weighted by Crippen LogP contribution is 2.44. The van der Waals surface area contributed by atoms with Crippen LogP contribution in [0.2, 0.25) is 0 Å². The summed E-state index contributed by atoms with van der Waals surface area (Å²) >= 11 is 1.37. The van der Waals surface area contributed by atoms with Gasteiger partial charge in [0, 0.05) is 74.0 Å². The van der Waals surface area contributed by atoms with Crippen LogP contribution in [0.15, 0.2) is 42.6 Å². The zero-order valence-corrected chi connectivity index (χ0v) is 24.9. The Morgan fingerprint density at radius 2 is 1.71 bits per heavy atom. The third kappa shape index (κ3) is 5.16. The molecule has 0 atom stereocenters. The van der Waals surface area contributed by atoms with Crippen molar-refractivity contribution in [2.45, 2.75) is 38.6 Å². The number of rotatable bonds is 5. The van der Waals surface area contributed by atoms with Crippen LogP contribution in [0.25, 0.3) is 27.5 Å². The lowest BCUT2D eigenvalue weighted by atomic mass is 9.95. The van der Waals surface area contributed by atoms with Crippen molar-refractivity contribution in [3.05, 3.63) is 59.5 Å². The van der Waals surface area contributed by atoms with Crippen molar-refractivity contribution in [1.82, 2.24) is 29.5 Å². The molecule has 0 bridgehead atoms. The molecule has 2 aliphatic heterocycles. The first-order valence-corrected chi connectivity index (χ1v) is 15.6. The first kappa shape index (κ1) is 27.1. The Morgan fingerprint density at radius 3 is 2.40 bits per heavy atom. The smallest absolute Gasteiger partial charge is 0.410 e. The predicted octanol–water partition coefficient (Wildman–Crippen LogP) is 4.77. The van der Waals surface area contributed by atoms with E-state index in [0.717, 1.165) is 70.4 Å². The van der Waals surface area contributed by atoms with E-state index in [9.17, 15) is 9.90 Å². The van der Waals surface area contributed by atoms with Gasteiger partial charge < -0.3 is 14.9 Å². The van der Waals surface area contributed by atoms with E-state index in [1.807, 2.05) is 23.9 Å². The van der Waals surface area contributed by atoms with Gasteiger partial charge in [-0.05, 0) is 76.1 Å². The van der Waals surface area contributed by atoms with Crippen LogP contribution in [0.4, 0.5) is 15.6 Å². The standard InChI is InChI=1S/C31H36N8O2S/c1-20-3-4-21(19-32-20)27-25-9-10-26-29(42-30(33-26)34-31(40)41)28(25)39(35-27)24-7-5-22(6-8-24)37-13-11-23(12-14-37)38-17-15-36(2)16-18-38/h3-8,19,23H,9-18H2,1-2H3,(H,33,34)(H,40,41). The number of amides is 1. The number of hydrogen-bond donors (Lipinski definition) is 2. The number of fused-ring (bicyclic) bond motifs is 3. The number of anilines is 2. The molecule has 3 aromatic heterocycles. The van der Waals surface area contributed by atoms with E-state index in [-0.39, 0.29) is 0 Å². The maximum absolute atomic E-state index is 11.3. The molecule has 11 heteroatoms. The average molecular weight is 585 g/mol. The van der Waals surface area contributed by atoms with E-state index < -0.39 is 6.09 Å². The van der Waals surface area contributed by atoms with Crippen molar-refractivity contribution < 1.29 is 9.90 Å². The SMILES string of the molecule is Cc1ccc(-c2nn(-c3ccc(N4CCC(N5CCN(C)CC5)CC4)cc3)c3c2CCc2nc(NC(=O)O)sc2-3)cn1. The number of nitrogens with zero attached hydrogens (tertiary/aromatic N) is 7. The van der Waals surface area contributed by atoms with Gasteiger partial charge in [-0.1, -0.05) is 11.3 Å². The summed E-state index contributed by atoms with van der Waals surface area (Å²) in [4.78, 5) is 29.0. The molecule has 2 saturated heterocycles. The molecule has 1 amide bonds. The Balaban J connectivity index is 1.17. The highest BCUT2D eigenvalue weighted by Gasteiger charge is 2.31. The topological polar surface area (TPSA) is 103 Å². The van der Waals surface area contributed by atoms with Gasteiger partial charge in [0.15, 0.2) is 5.13 Å². The number of thiazole rings is 1. The molecule has 0 unspecified atom stereocenters. The minimum Gasteiger partial charge on any atom is -0.465 e. The van der Waals surface area contributed by atoms with Gasteiger partial charge >= 0.3 is 6.09 Å². The monoisotopic (exact) mass is 584 g/mol. The van der Waals surface area contributed by atoms with Crippen LogP contribution in [0.3, 0.4) is 0 Å². The fourth-order valence-electron chi connectivity index (χ4n) is 6.52. The van der Waals surface area contributed by atoms with Crippen LogP contribution in [-0.2, 0) is 12.8 Å². The molecule has 1 aromatic carbocycles. The number of benzene rings is 1. The molecule has 4 aromatic rings.